The fraction of sp³-hybridized carbons (Fsp3) is 0.750. The van der Waals surface area contributed by atoms with Crippen molar-refractivity contribution in [1.29, 1.82) is 0 Å². The van der Waals surface area contributed by atoms with Gasteiger partial charge in [0.15, 0.2) is 0 Å². The van der Waals surface area contributed by atoms with Crippen LogP contribution in [0.3, 0.4) is 0 Å². The Kier molecular flexibility index (Phi) is 10.1. The van der Waals surface area contributed by atoms with E-state index < -0.39 is 0 Å². The average Bonchev–Trinajstić information content (AvgIpc) is 2.77. The molecule has 0 spiro atoms. The lowest BCUT2D eigenvalue weighted by atomic mass is 9.75. The molecule has 1 saturated carbocycles. The van der Waals surface area contributed by atoms with E-state index in [0.29, 0.717) is 29.9 Å². The number of carbonyl (C=O) groups is 1. The number of benzene rings is 1. The molecule has 186 valence electrons. The summed E-state index contributed by atoms with van der Waals surface area (Å²) in [6.45, 7) is 12.9. The molecule has 0 amide bonds. The van der Waals surface area contributed by atoms with E-state index in [0.717, 1.165) is 70.7 Å². The number of hydrogen-bond donors (Lipinski definition) is 0. The van der Waals surface area contributed by atoms with Crippen LogP contribution >= 0.6 is 0 Å². The molecule has 0 radical (unpaired) electrons. The average molecular weight is 461 g/mol. The van der Waals surface area contributed by atoms with Gasteiger partial charge in [-0.15, -0.1) is 0 Å². The van der Waals surface area contributed by atoms with Crippen LogP contribution in [0.1, 0.15) is 83.0 Å². The second-order valence-corrected chi connectivity index (χ2v) is 10.9. The third-order valence-electron chi connectivity index (χ3n) is 7.11. The quantitative estimate of drug-likeness (QED) is 0.255. The van der Waals surface area contributed by atoms with Crippen molar-refractivity contribution in [3.05, 3.63) is 29.8 Å². The van der Waals surface area contributed by atoms with Gasteiger partial charge >= 0.3 is 5.97 Å². The van der Waals surface area contributed by atoms with Gasteiger partial charge in [-0.1, -0.05) is 40.5 Å². The lowest BCUT2D eigenvalue weighted by Gasteiger charge is -2.37. The highest BCUT2D eigenvalue weighted by Gasteiger charge is 2.34. The van der Waals surface area contributed by atoms with Gasteiger partial charge in [0.2, 0.25) is 0 Å². The number of ether oxygens (including phenoxy) is 4. The van der Waals surface area contributed by atoms with Gasteiger partial charge in [-0.2, -0.15) is 0 Å². The zero-order valence-electron chi connectivity index (χ0n) is 21.1. The second-order valence-electron chi connectivity index (χ2n) is 10.9. The van der Waals surface area contributed by atoms with E-state index in [-0.39, 0.29) is 17.5 Å². The van der Waals surface area contributed by atoms with Crippen LogP contribution in [-0.4, -0.2) is 45.1 Å². The Morgan fingerprint density at radius 1 is 1.06 bits per heavy atom. The van der Waals surface area contributed by atoms with Gasteiger partial charge < -0.3 is 18.9 Å². The molecule has 1 saturated heterocycles. The Balaban J connectivity index is 1.29. The Morgan fingerprint density at radius 2 is 1.76 bits per heavy atom. The van der Waals surface area contributed by atoms with E-state index in [9.17, 15) is 4.79 Å². The molecular formula is C28H44O5. The minimum Gasteiger partial charge on any atom is -0.494 e. The fourth-order valence-electron chi connectivity index (χ4n) is 4.85. The topological polar surface area (TPSA) is 54.0 Å². The van der Waals surface area contributed by atoms with Gasteiger partial charge in [0.25, 0.3) is 0 Å². The first-order valence-corrected chi connectivity index (χ1v) is 13.0. The van der Waals surface area contributed by atoms with Gasteiger partial charge in [0.05, 0.1) is 32.0 Å². The molecule has 0 N–H and O–H groups in total. The number of rotatable bonds is 13. The minimum absolute atomic E-state index is 0.0258. The molecule has 3 atom stereocenters. The highest BCUT2D eigenvalue weighted by molar-refractivity contribution is 5.89. The smallest absolute Gasteiger partial charge is 0.338 e. The minimum atomic E-state index is -0.215. The zero-order chi connectivity index (χ0) is 23.7. The zero-order valence-corrected chi connectivity index (χ0v) is 21.1. The maximum Gasteiger partial charge on any atom is 0.338 e. The lowest BCUT2D eigenvalue weighted by Crippen LogP contribution is -2.43. The monoisotopic (exact) mass is 460 g/mol. The van der Waals surface area contributed by atoms with Crippen LogP contribution in [0.25, 0.3) is 0 Å². The lowest BCUT2D eigenvalue weighted by molar-refractivity contribution is -0.137. The summed E-state index contributed by atoms with van der Waals surface area (Å²) in [6, 6.07) is 7.38. The van der Waals surface area contributed by atoms with Gasteiger partial charge in [-0.05, 0) is 74.1 Å². The Hall–Kier alpha value is -1.59. The van der Waals surface area contributed by atoms with Crippen molar-refractivity contribution in [3.63, 3.8) is 0 Å². The normalized spacial score (nSPS) is 24.3. The first-order chi connectivity index (χ1) is 15.9. The molecule has 2 fully saturated rings. The predicted molar refractivity (Wildman–Crippen MR) is 131 cm³/mol. The maximum absolute atomic E-state index is 12.7. The third-order valence-corrected chi connectivity index (χ3v) is 7.11. The summed E-state index contributed by atoms with van der Waals surface area (Å²) in [5.74, 6) is 2.20. The molecule has 33 heavy (non-hydrogen) atoms. The summed E-state index contributed by atoms with van der Waals surface area (Å²) in [4.78, 5) is 12.7. The first kappa shape index (κ1) is 26.0. The third kappa shape index (κ3) is 8.29. The maximum atomic E-state index is 12.7. The molecule has 1 aliphatic carbocycles. The van der Waals surface area contributed by atoms with E-state index in [4.69, 9.17) is 18.9 Å². The van der Waals surface area contributed by atoms with Crippen LogP contribution in [0.5, 0.6) is 5.75 Å². The summed E-state index contributed by atoms with van der Waals surface area (Å²) in [6.07, 6.45) is 7.76. The molecule has 5 heteroatoms. The van der Waals surface area contributed by atoms with E-state index in [1.54, 1.807) is 0 Å². The van der Waals surface area contributed by atoms with Crippen molar-refractivity contribution in [2.45, 2.75) is 78.7 Å². The van der Waals surface area contributed by atoms with Crippen molar-refractivity contribution in [3.8, 4) is 5.75 Å². The molecule has 5 nitrogen and oxygen atoms in total. The largest absolute Gasteiger partial charge is 0.494 e. The molecule has 1 heterocycles. The number of unbranched alkanes of at least 4 members (excludes halogenated alkanes) is 3. The van der Waals surface area contributed by atoms with Crippen LogP contribution < -0.4 is 4.74 Å². The highest BCUT2D eigenvalue weighted by atomic mass is 16.5. The Morgan fingerprint density at radius 3 is 2.39 bits per heavy atom. The molecule has 0 aromatic heterocycles. The predicted octanol–water partition coefficient (Wildman–Crippen LogP) is 6.30. The molecule has 2 aliphatic rings. The van der Waals surface area contributed by atoms with E-state index in [2.05, 4.69) is 27.7 Å². The van der Waals surface area contributed by atoms with Crippen LogP contribution in [-0.2, 0) is 14.2 Å². The van der Waals surface area contributed by atoms with Crippen molar-refractivity contribution in [2.24, 2.45) is 23.2 Å². The Labute approximate surface area is 200 Å². The van der Waals surface area contributed by atoms with Crippen LogP contribution in [0.2, 0.25) is 0 Å². The first-order valence-electron chi connectivity index (χ1n) is 13.0. The molecule has 1 aromatic carbocycles. The van der Waals surface area contributed by atoms with Gasteiger partial charge in [0, 0.05) is 12.0 Å². The van der Waals surface area contributed by atoms with Gasteiger partial charge in [-0.25, -0.2) is 4.79 Å². The van der Waals surface area contributed by atoms with E-state index in [1.165, 1.54) is 6.42 Å². The SMILES string of the molecule is CC1CCC(C(C)C)C(OC(=O)c2ccc(OCCCCCCOCC3(C)COC3)cc2)C1. The summed E-state index contributed by atoms with van der Waals surface area (Å²) in [7, 11) is 0. The van der Waals surface area contributed by atoms with Crippen molar-refractivity contribution in [1.82, 2.24) is 0 Å². The molecule has 1 aliphatic heterocycles. The highest BCUT2D eigenvalue weighted by Crippen LogP contribution is 2.35. The van der Waals surface area contributed by atoms with Crippen molar-refractivity contribution < 1.29 is 23.7 Å². The molecule has 1 aromatic rings. The van der Waals surface area contributed by atoms with Crippen LogP contribution in [0.4, 0.5) is 0 Å². The molecular weight excluding hydrogens is 416 g/mol. The van der Waals surface area contributed by atoms with Crippen LogP contribution in [0, 0.1) is 23.2 Å². The summed E-state index contributed by atoms with van der Waals surface area (Å²) in [5, 5.41) is 0. The fourth-order valence-corrected chi connectivity index (χ4v) is 4.85. The Bertz CT molecular complexity index is 710. The summed E-state index contributed by atoms with van der Waals surface area (Å²) in [5.41, 5.74) is 0.843. The van der Waals surface area contributed by atoms with Gasteiger partial charge in [0.1, 0.15) is 11.9 Å². The molecule has 3 rings (SSSR count). The van der Waals surface area contributed by atoms with Gasteiger partial charge in [-0.3, -0.25) is 0 Å². The summed E-state index contributed by atoms with van der Waals surface area (Å²) < 4.78 is 22.8. The van der Waals surface area contributed by atoms with Crippen molar-refractivity contribution >= 4 is 5.97 Å². The second kappa shape index (κ2) is 12.8. The molecule has 0 bridgehead atoms. The van der Waals surface area contributed by atoms with E-state index in [1.807, 2.05) is 24.3 Å². The number of esters is 1. The van der Waals surface area contributed by atoms with E-state index >= 15 is 0 Å². The van der Waals surface area contributed by atoms with Crippen LogP contribution in [0.15, 0.2) is 24.3 Å². The standard InChI is InChI=1S/C28H44O5/c1-21(2)25-14-9-22(3)17-26(25)33-27(29)23-10-12-24(13-11-23)32-16-8-6-5-7-15-30-18-28(4)19-31-20-28/h10-13,21-22,25-26H,5-9,14-20H2,1-4H3. The number of carbonyl (C=O) groups excluding carboxylic acids is 1. The molecule has 3 unspecified atom stereocenters. The van der Waals surface area contributed by atoms with Crippen molar-refractivity contribution in [2.75, 3.05) is 33.0 Å². The number of hydrogen-bond acceptors (Lipinski definition) is 5. The summed E-state index contributed by atoms with van der Waals surface area (Å²) >= 11 is 0.